The average molecular weight is 538 g/mol. The SMILES string of the molecule is CCCC(CC)CC(NC(=O)[C@@H]1C[C@@H](C(C)(C)C)CN1C(=O)C(NC(=O)NCC)C(C)(C)C)C(=O)C(N)=O. The van der Waals surface area contributed by atoms with E-state index in [-0.39, 0.29) is 23.2 Å². The highest BCUT2D eigenvalue weighted by molar-refractivity contribution is 6.37. The van der Waals surface area contributed by atoms with Crippen molar-refractivity contribution < 1.29 is 24.0 Å². The lowest BCUT2D eigenvalue weighted by Crippen LogP contribution is -2.60. The number of ketones is 1. The minimum atomic E-state index is -1.09. The van der Waals surface area contributed by atoms with Gasteiger partial charge in [-0.15, -0.1) is 0 Å². The van der Waals surface area contributed by atoms with E-state index in [1.165, 1.54) is 4.90 Å². The van der Waals surface area contributed by atoms with Crippen LogP contribution in [0.4, 0.5) is 4.79 Å². The second-order valence-corrected chi connectivity index (χ2v) is 12.7. The van der Waals surface area contributed by atoms with Crippen molar-refractivity contribution in [2.24, 2.45) is 28.4 Å². The maximum atomic E-state index is 13.9. The van der Waals surface area contributed by atoms with Gasteiger partial charge in [0.2, 0.25) is 17.6 Å². The molecule has 218 valence electrons. The van der Waals surface area contributed by atoms with E-state index in [1.807, 2.05) is 34.6 Å². The number of hydrogen-bond acceptors (Lipinski definition) is 5. The molecular formula is C28H51N5O5. The summed E-state index contributed by atoms with van der Waals surface area (Å²) in [5, 5.41) is 8.22. The van der Waals surface area contributed by atoms with Crippen LogP contribution in [-0.4, -0.2) is 65.7 Å². The highest BCUT2D eigenvalue weighted by Gasteiger charge is 2.48. The van der Waals surface area contributed by atoms with Crippen LogP contribution in [-0.2, 0) is 19.2 Å². The summed E-state index contributed by atoms with van der Waals surface area (Å²) in [6.07, 6.45) is 3.28. The van der Waals surface area contributed by atoms with Crippen molar-refractivity contribution in [3.8, 4) is 0 Å². The minimum Gasteiger partial charge on any atom is -0.363 e. The Bertz CT molecular complexity index is 861. The topological polar surface area (TPSA) is 151 Å². The zero-order chi connectivity index (χ0) is 29.4. The van der Waals surface area contributed by atoms with E-state index < -0.39 is 47.2 Å². The van der Waals surface area contributed by atoms with Crippen molar-refractivity contribution in [2.45, 2.75) is 113 Å². The Kier molecular flexibility index (Phi) is 12.2. The van der Waals surface area contributed by atoms with Crippen LogP contribution in [0.3, 0.4) is 0 Å². The standard InChI is InChI=1S/C28H51N5O5/c1-10-13-17(11-2)14-19(21(34)23(29)35)31-24(36)20-15-18(27(4,5)6)16-33(20)25(37)22(28(7,8)9)32-26(38)30-12-3/h17-20,22H,10-16H2,1-9H3,(H2,29,35)(H,31,36)(H2,30,32,38)/t17?,18-,19?,20+,22?/m1/s1. The summed E-state index contributed by atoms with van der Waals surface area (Å²) in [6, 6.07) is -3.22. The fourth-order valence-electron chi connectivity index (χ4n) is 5.01. The number of carbonyl (C=O) groups excluding carboxylic acids is 5. The highest BCUT2D eigenvalue weighted by atomic mass is 16.2. The summed E-state index contributed by atoms with van der Waals surface area (Å²) in [6.45, 7) is 18.3. The number of nitrogens with zero attached hydrogens (tertiary/aromatic N) is 1. The van der Waals surface area contributed by atoms with Gasteiger partial charge < -0.3 is 26.6 Å². The van der Waals surface area contributed by atoms with Crippen molar-refractivity contribution in [2.75, 3.05) is 13.1 Å². The molecule has 10 heteroatoms. The molecule has 0 spiro atoms. The van der Waals surface area contributed by atoms with E-state index >= 15 is 0 Å². The zero-order valence-electron chi connectivity index (χ0n) is 24.9. The predicted octanol–water partition coefficient (Wildman–Crippen LogP) is 2.74. The van der Waals surface area contributed by atoms with E-state index in [2.05, 4.69) is 36.7 Å². The van der Waals surface area contributed by atoms with Gasteiger partial charge in [0.15, 0.2) is 0 Å². The summed E-state index contributed by atoms with van der Waals surface area (Å²) < 4.78 is 0. The molecule has 1 aliphatic heterocycles. The van der Waals surface area contributed by atoms with Gasteiger partial charge in [0.05, 0.1) is 6.04 Å². The number of rotatable bonds is 12. The molecular weight excluding hydrogens is 486 g/mol. The van der Waals surface area contributed by atoms with Gasteiger partial charge in [-0.05, 0) is 42.4 Å². The number of amides is 5. The Hall–Kier alpha value is -2.65. The number of primary amides is 1. The summed E-state index contributed by atoms with van der Waals surface area (Å²) in [5.74, 6) is -2.61. The van der Waals surface area contributed by atoms with E-state index in [0.29, 0.717) is 25.9 Å². The molecule has 3 unspecified atom stereocenters. The molecule has 0 aromatic rings. The van der Waals surface area contributed by atoms with E-state index in [0.717, 1.165) is 19.3 Å². The van der Waals surface area contributed by atoms with Crippen molar-refractivity contribution in [1.29, 1.82) is 0 Å². The van der Waals surface area contributed by atoms with Crippen LogP contribution in [0.25, 0.3) is 0 Å². The first kappa shape index (κ1) is 33.4. The van der Waals surface area contributed by atoms with Gasteiger partial charge in [0.25, 0.3) is 5.91 Å². The molecule has 1 fully saturated rings. The molecule has 1 rings (SSSR count). The van der Waals surface area contributed by atoms with Crippen molar-refractivity contribution in [3.05, 3.63) is 0 Å². The summed E-state index contributed by atoms with van der Waals surface area (Å²) in [4.78, 5) is 66.0. The van der Waals surface area contributed by atoms with Gasteiger partial charge in [-0.1, -0.05) is 74.7 Å². The Morgan fingerprint density at radius 3 is 2.03 bits per heavy atom. The molecule has 1 aliphatic rings. The first-order chi connectivity index (χ1) is 17.5. The average Bonchev–Trinajstić information content (AvgIpc) is 3.26. The van der Waals surface area contributed by atoms with E-state index in [4.69, 9.17) is 5.73 Å². The van der Waals surface area contributed by atoms with Crippen LogP contribution >= 0.6 is 0 Å². The molecule has 0 aliphatic carbocycles. The fraction of sp³-hybridized carbons (Fsp3) is 0.821. The predicted molar refractivity (Wildman–Crippen MR) is 148 cm³/mol. The molecule has 1 saturated heterocycles. The number of nitrogens with one attached hydrogen (secondary N) is 3. The van der Waals surface area contributed by atoms with Crippen molar-refractivity contribution >= 4 is 29.5 Å². The third-order valence-electron chi connectivity index (χ3n) is 7.56. The second kappa shape index (κ2) is 13.9. The van der Waals surface area contributed by atoms with Crippen molar-refractivity contribution in [1.82, 2.24) is 20.9 Å². The molecule has 5 N–H and O–H groups in total. The summed E-state index contributed by atoms with van der Waals surface area (Å²) >= 11 is 0. The Labute approximate surface area is 228 Å². The molecule has 0 saturated carbocycles. The third-order valence-corrected chi connectivity index (χ3v) is 7.56. The first-order valence-corrected chi connectivity index (χ1v) is 14.0. The Morgan fingerprint density at radius 1 is 0.974 bits per heavy atom. The molecule has 0 radical (unpaired) electrons. The first-order valence-electron chi connectivity index (χ1n) is 14.0. The largest absolute Gasteiger partial charge is 0.363 e. The van der Waals surface area contributed by atoms with Gasteiger partial charge in [0, 0.05) is 13.1 Å². The summed E-state index contributed by atoms with van der Waals surface area (Å²) in [5.41, 5.74) is 4.51. The fourth-order valence-corrected chi connectivity index (χ4v) is 5.01. The van der Waals surface area contributed by atoms with E-state index in [1.54, 1.807) is 6.92 Å². The highest BCUT2D eigenvalue weighted by Crippen LogP contribution is 2.38. The number of nitrogens with two attached hydrogens (primary N) is 1. The van der Waals surface area contributed by atoms with Gasteiger partial charge in [0.1, 0.15) is 12.1 Å². The molecule has 0 bridgehead atoms. The summed E-state index contributed by atoms with van der Waals surface area (Å²) in [7, 11) is 0. The second-order valence-electron chi connectivity index (χ2n) is 12.7. The van der Waals surface area contributed by atoms with E-state index in [9.17, 15) is 24.0 Å². The van der Waals surface area contributed by atoms with Crippen LogP contribution < -0.4 is 21.7 Å². The molecule has 5 amide bonds. The van der Waals surface area contributed by atoms with Gasteiger partial charge in [-0.3, -0.25) is 19.2 Å². The van der Waals surface area contributed by atoms with Crippen molar-refractivity contribution in [3.63, 3.8) is 0 Å². The smallest absolute Gasteiger partial charge is 0.315 e. The molecule has 1 heterocycles. The Morgan fingerprint density at radius 2 is 1.58 bits per heavy atom. The number of Topliss-reactive ketones (excluding diaryl/α,β-unsaturated/α-hetero) is 1. The molecule has 10 nitrogen and oxygen atoms in total. The van der Waals surface area contributed by atoms with Crippen LogP contribution in [0, 0.1) is 22.7 Å². The van der Waals surface area contributed by atoms with Crippen LogP contribution in [0.15, 0.2) is 0 Å². The number of carbonyl (C=O) groups is 5. The molecule has 5 atom stereocenters. The van der Waals surface area contributed by atoms with Crippen LogP contribution in [0.5, 0.6) is 0 Å². The van der Waals surface area contributed by atoms with Crippen LogP contribution in [0.1, 0.15) is 94.4 Å². The monoisotopic (exact) mass is 537 g/mol. The quantitative estimate of drug-likeness (QED) is 0.282. The zero-order valence-corrected chi connectivity index (χ0v) is 24.9. The maximum absolute atomic E-state index is 13.9. The third kappa shape index (κ3) is 9.27. The number of likely N-dealkylation sites (tertiary alicyclic amines) is 1. The molecule has 38 heavy (non-hydrogen) atoms. The molecule has 0 aromatic heterocycles. The molecule has 0 aromatic carbocycles. The Balaban J connectivity index is 3.35. The lowest BCUT2D eigenvalue weighted by atomic mass is 9.79. The number of hydrogen-bond donors (Lipinski definition) is 4. The lowest BCUT2D eigenvalue weighted by Gasteiger charge is -2.36. The number of urea groups is 1. The lowest BCUT2D eigenvalue weighted by molar-refractivity contribution is -0.143. The maximum Gasteiger partial charge on any atom is 0.315 e. The van der Waals surface area contributed by atoms with Gasteiger partial charge in [-0.2, -0.15) is 0 Å². The van der Waals surface area contributed by atoms with Gasteiger partial charge in [-0.25, -0.2) is 4.79 Å². The van der Waals surface area contributed by atoms with Crippen LogP contribution in [0.2, 0.25) is 0 Å². The minimum absolute atomic E-state index is 0.0149. The van der Waals surface area contributed by atoms with Gasteiger partial charge >= 0.3 is 6.03 Å². The normalized spacial score (nSPS) is 20.3.